The van der Waals surface area contributed by atoms with Crippen molar-refractivity contribution in [3.63, 3.8) is 0 Å². The number of hydrogen-bond donors (Lipinski definition) is 4. The van der Waals surface area contributed by atoms with E-state index in [1.54, 1.807) is 31.3 Å². The summed E-state index contributed by atoms with van der Waals surface area (Å²) in [6.07, 6.45) is -5.08. The number of nitrogens with one attached hydrogen (secondary N) is 3. The van der Waals surface area contributed by atoms with Gasteiger partial charge in [0, 0.05) is 25.0 Å². The first kappa shape index (κ1) is 22.7. The van der Waals surface area contributed by atoms with Crippen molar-refractivity contribution in [2.24, 2.45) is 7.05 Å². The summed E-state index contributed by atoms with van der Waals surface area (Å²) in [5.41, 5.74) is 3.42. The lowest BCUT2D eigenvalue weighted by atomic mass is 10.2. The van der Waals surface area contributed by atoms with Crippen LogP contribution in [-0.2, 0) is 18.4 Å². The lowest BCUT2D eigenvalue weighted by Gasteiger charge is -2.07. The highest BCUT2D eigenvalue weighted by Crippen LogP contribution is 2.17. The molecule has 1 aromatic carbocycles. The van der Waals surface area contributed by atoms with E-state index < -0.39 is 12.1 Å². The van der Waals surface area contributed by atoms with Crippen molar-refractivity contribution in [1.29, 1.82) is 0 Å². The molecule has 0 atom stereocenters. The van der Waals surface area contributed by atoms with Gasteiger partial charge in [-0.1, -0.05) is 0 Å². The van der Waals surface area contributed by atoms with Crippen LogP contribution in [0.2, 0.25) is 0 Å². The fraction of sp³-hybridized carbons (Fsp3) is 0.278. The standard InChI is InChI=1S/C16H19N5O2.C2HF3O2/c1-20(2)9-11-5-7-13(17-11)15(22)18-10-4-6-12-14(8-10)21(3)16(23)19-12;3-2(4,5)1(6)7/h4-8,17H,9H2,1-3H3,(H,18,22)(H,19,23);(H,6,7). The van der Waals surface area contributed by atoms with E-state index in [0.717, 1.165) is 23.3 Å². The molecule has 162 valence electrons. The molecule has 0 aliphatic rings. The maximum absolute atomic E-state index is 12.3. The number of alkyl halides is 3. The molecule has 4 N–H and O–H groups in total. The van der Waals surface area contributed by atoms with Crippen LogP contribution in [0.25, 0.3) is 11.0 Å². The van der Waals surface area contributed by atoms with E-state index in [1.807, 2.05) is 25.1 Å². The number of anilines is 1. The van der Waals surface area contributed by atoms with Gasteiger partial charge in [0.1, 0.15) is 5.69 Å². The van der Waals surface area contributed by atoms with Gasteiger partial charge in [0.15, 0.2) is 0 Å². The van der Waals surface area contributed by atoms with Gasteiger partial charge in [-0.3, -0.25) is 9.36 Å². The third-order valence-electron chi connectivity index (χ3n) is 3.88. The topological polar surface area (TPSA) is 123 Å². The molecule has 1 amide bonds. The van der Waals surface area contributed by atoms with Crippen molar-refractivity contribution in [2.45, 2.75) is 12.7 Å². The first-order valence-electron chi connectivity index (χ1n) is 8.51. The van der Waals surface area contributed by atoms with Crippen molar-refractivity contribution >= 4 is 28.6 Å². The summed E-state index contributed by atoms with van der Waals surface area (Å²) in [6, 6.07) is 8.97. The van der Waals surface area contributed by atoms with Gasteiger partial charge in [0.05, 0.1) is 11.0 Å². The average Bonchev–Trinajstić information content (AvgIpc) is 3.20. The number of carbonyl (C=O) groups is 2. The van der Waals surface area contributed by atoms with Crippen LogP contribution < -0.4 is 11.0 Å². The molecule has 0 saturated carbocycles. The first-order chi connectivity index (χ1) is 13.9. The number of rotatable bonds is 4. The second-order valence-electron chi connectivity index (χ2n) is 6.61. The number of aromatic nitrogens is 3. The van der Waals surface area contributed by atoms with E-state index in [0.29, 0.717) is 11.4 Å². The SMILES string of the molecule is CN(C)Cc1ccc(C(=O)Nc2ccc3[nH]c(=O)n(C)c3c2)[nH]1.O=C(O)C(F)(F)F. The third kappa shape index (κ3) is 5.73. The van der Waals surface area contributed by atoms with Crippen LogP contribution in [0, 0.1) is 0 Å². The van der Waals surface area contributed by atoms with Gasteiger partial charge in [0.2, 0.25) is 0 Å². The molecule has 0 aliphatic heterocycles. The van der Waals surface area contributed by atoms with E-state index in [9.17, 15) is 22.8 Å². The quantitative estimate of drug-likeness (QED) is 0.508. The molecule has 0 saturated heterocycles. The van der Waals surface area contributed by atoms with Crippen molar-refractivity contribution in [3.8, 4) is 0 Å². The van der Waals surface area contributed by atoms with Crippen LogP contribution in [0.5, 0.6) is 0 Å². The summed E-state index contributed by atoms with van der Waals surface area (Å²) in [4.78, 5) is 40.7. The summed E-state index contributed by atoms with van der Waals surface area (Å²) < 4.78 is 33.2. The molecule has 30 heavy (non-hydrogen) atoms. The minimum Gasteiger partial charge on any atom is -0.475 e. The number of aromatic amines is 2. The molecule has 2 heterocycles. The number of fused-ring (bicyclic) bond motifs is 1. The summed E-state index contributed by atoms with van der Waals surface area (Å²) >= 11 is 0. The highest BCUT2D eigenvalue weighted by Gasteiger charge is 2.38. The molecule has 0 fully saturated rings. The number of aryl methyl sites for hydroxylation is 1. The second-order valence-corrected chi connectivity index (χ2v) is 6.61. The number of carboxylic acid groups (broad SMARTS) is 1. The number of aliphatic carboxylic acids is 1. The molecule has 9 nitrogen and oxygen atoms in total. The second kappa shape index (κ2) is 8.86. The van der Waals surface area contributed by atoms with E-state index in [2.05, 4.69) is 15.3 Å². The van der Waals surface area contributed by atoms with Crippen LogP contribution >= 0.6 is 0 Å². The highest BCUT2D eigenvalue weighted by atomic mass is 19.4. The zero-order valence-corrected chi connectivity index (χ0v) is 16.3. The number of imidazole rings is 1. The summed E-state index contributed by atoms with van der Waals surface area (Å²) in [5, 5.41) is 9.97. The maximum Gasteiger partial charge on any atom is 0.490 e. The predicted molar refractivity (Wildman–Crippen MR) is 103 cm³/mol. The number of amides is 1. The number of nitrogens with zero attached hydrogens (tertiary/aromatic N) is 2. The van der Waals surface area contributed by atoms with Crippen LogP contribution in [0.3, 0.4) is 0 Å². The van der Waals surface area contributed by atoms with Crippen molar-refractivity contribution in [3.05, 3.63) is 52.2 Å². The Morgan fingerprint density at radius 3 is 2.37 bits per heavy atom. The fourth-order valence-corrected chi connectivity index (χ4v) is 2.51. The van der Waals surface area contributed by atoms with Gasteiger partial charge in [-0.05, 0) is 44.4 Å². The smallest absolute Gasteiger partial charge is 0.475 e. The van der Waals surface area contributed by atoms with E-state index in [1.165, 1.54) is 4.57 Å². The maximum atomic E-state index is 12.3. The van der Waals surface area contributed by atoms with E-state index in [4.69, 9.17) is 9.90 Å². The Labute approximate surface area is 168 Å². The molecule has 3 aromatic rings. The monoisotopic (exact) mass is 427 g/mol. The Morgan fingerprint density at radius 2 is 1.80 bits per heavy atom. The van der Waals surface area contributed by atoms with Gasteiger partial charge in [-0.2, -0.15) is 13.2 Å². The fourth-order valence-electron chi connectivity index (χ4n) is 2.51. The van der Waals surface area contributed by atoms with E-state index in [-0.39, 0.29) is 11.6 Å². The van der Waals surface area contributed by atoms with Crippen LogP contribution in [0.1, 0.15) is 16.2 Å². The normalized spacial score (nSPS) is 11.3. The number of hydrogen-bond acceptors (Lipinski definition) is 4. The van der Waals surface area contributed by atoms with Crippen molar-refractivity contribution < 1.29 is 27.9 Å². The number of halogens is 3. The molecule has 2 aromatic heterocycles. The van der Waals surface area contributed by atoms with Crippen LogP contribution in [-0.4, -0.2) is 56.7 Å². The molecule has 0 spiro atoms. The lowest BCUT2D eigenvalue weighted by Crippen LogP contribution is -2.21. The zero-order valence-electron chi connectivity index (χ0n) is 16.3. The van der Waals surface area contributed by atoms with Gasteiger partial charge in [0.25, 0.3) is 5.91 Å². The summed E-state index contributed by atoms with van der Waals surface area (Å²) in [5.74, 6) is -2.97. The van der Waals surface area contributed by atoms with Crippen LogP contribution in [0.15, 0.2) is 35.1 Å². The third-order valence-corrected chi connectivity index (χ3v) is 3.88. The van der Waals surface area contributed by atoms with Crippen molar-refractivity contribution in [1.82, 2.24) is 19.4 Å². The molecular weight excluding hydrogens is 407 g/mol. The largest absolute Gasteiger partial charge is 0.490 e. The Bertz CT molecular complexity index is 1110. The van der Waals surface area contributed by atoms with Gasteiger partial charge >= 0.3 is 17.8 Å². The molecule has 0 radical (unpaired) electrons. The Morgan fingerprint density at radius 1 is 1.17 bits per heavy atom. The summed E-state index contributed by atoms with van der Waals surface area (Å²) in [6.45, 7) is 0.741. The molecule has 12 heteroatoms. The van der Waals surface area contributed by atoms with Gasteiger partial charge in [-0.15, -0.1) is 0 Å². The molecular formula is C18H20F3N5O4. The predicted octanol–water partition coefficient (Wildman–Crippen LogP) is 2.14. The number of carbonyl (C=O) groups excluding carboxylic acids is 1. The Kier molecular flexibility index (Phi) is 6.72. The van der Waals surface area contributed by atoms with Crippen molar-refractivity contribution in [2.75, 3.05) is 19.4 Å². The zero-order chi connectivity index (χ0) is 22.6. The Balaban J connectivity index is 0.000000396. The minimum atomic E-state index is -5.08. The summed E-state index contributed by atoms with van der Waals surface area (Å²) in [7, 11) is 5.62. The minimum absolute atomic E-state index is 0.179. The number of benzene rings is 1. The average molecular weight is 427 g/mol. The van der Waals surface area contributed by atoms with Crippen LogP contribution in [0.4, 0.5) is 18.9 Å². The first-order valence-corrected chi connectivity index (χ1v) is 8.51. The Hall–Kier alpha value is -3.54. The number of H-pyrrole nitrogens is 2. The van der Waals surface area contributed by atoms with Gasteiger partial charge < -0.3 is 25.3 Å². The highest BCUT2D eigenvalue weighted by molar-refractivity contribution is 6.03. The lowest BCUT2D eigenvalue weighted by molar-refractivity contribution is -0.192. The van der Waals surface area contributed by atoms with Gasteiger partial charge in [-0.25, -0.2) is 9.59 Å². The molecule has 0 bridgehead atoms. The molecule has 0 unspecified atom stereocenters. The number of carboxylic acids is 1. The molecule has 0 aliphatic carbocycles. The van der Waals surface area contributed by atoms with E-state index >= 15 is 0 Å². The molecule has 3 rings (SSSR count).